The minimum atomic E-state index is -0.555. The highest BCUT2D eigenvalue weighted by Gasteiger charge is 2.18. The molecule has 0 fully saturated rings. The zero-order valence-electron chi connectivity index (χ0n) is 13.9. The maximum atomic E-state index is 12.0. The molecule has 0 aliphatic rings. The van der Waals surface area contributed by atoms with Gasteiger partial charge in [-0.05, 0) is 45.9 Å². The second-order valence-electron chi connectivity index (χ2n) is 6.32. The van der Waals surface area contributed by atoms with Crippen LogP contribution in [0.5, 0.6) is 0 Å². The van der Waals surface area contributed by atoms with Crippen molar-refractivity contribution in [1.29, 1.82) is 0 Å². The van der Waals surface area contributed by atoms with Gasteiger partial charge in [0.1, 0.15) is 5.60 Å². The van der Waals surface area contributed by atoms with E-state index in [1.54, 1.807) is 6.07 Å². The molecule has 0 saturated heterocycles. The Morgan fingerprint density at radius 2 is 1.83 bits per heavy atom. The van der Waals surface area contributed by atoms with Crippen LogP contribution in [0.2, 0.25) is 8.67 Å². The minimum absolute atomic E-state index is 0.0668. The summed E-state index contributed by atoms with van der Waals surface area (Å²) >= 11 is 13.5. The fourth-order valence-electron chi connectivity index (χ4n) is 2.09. The molecule has 1 aromatic heterocycles. The predicted molar refractivity (Wildman–Crippen MR) is 103 cm³/mol. The summed E-state index contributed by atoms with van der Waals surface area (Å²) in [6.45, 7) is 7.44. The molecule has 2 N–H and O–H groups in total. The highest BCUT2D eigenvalue weighted by molar-refractivity contribution is 7.20. The predicted octanol–water partition coefficient (Wildman–Crippen LogP) is 6.58. The molecular formula is C17H20Cl2N2O2S. The number of thiophene rings is 1. The fraction of sp³-hybridized carbons (Fsp3) is 0.353. The SMILES string of the molecule is CC(Nc1ccccc1NC(=O)OC(C)(C)C)c1cc(Cl)sc1Cl. The number of carbonyl (C=O) groups excluding carboxylic acids is 1. The van der Waals surface area contributed by atoms with Crippen molar-refractivity contribution in [3.63, 3.8) is 0 Å². The third-order valence-corrected chi connectivity index (χ3v) is 4.60. The molecule has 0 spiro atoms. The maximum Gasteiger partial charge on any atom is 0.412 e. The van der Waals surface area contributed by atoms with Crippen molar-refractivity contribution in [2.75, 3.05) is 10.6 Å². The number of halogens is 2. The van der Waals surface area contributed by atoms with Crippen LogP contribution in [0, 0.1) is 0 Å². The number of para-hydroxylation sites is 2. The summed E-state index contributed by atoms with van der Waals surface area (Å²) in [6.07, 6.45) is -0.499. The monoisotopic (exact) mass is 386 g/mol. The lowest BCUT2D eigenvalue weighted by Crippen LogP contribution is -2.27. The molecule has 1 unspecified atom stereocenters. The van der Waals surface area contributed by atoms with Gasteiger partial charge in [-0.2, -0.15) is 0 Å². The molecule has 0 bridgehead atoms. The third-order valence-electron chi connectivity index (χ3n) is 3.08. The average molecular weight is 387 g/mol. The molecule has 0 saturated carbocycles. The Bertz CT molecular complexity index is 726. The van der Waals surface area contributed by atoms with Crippen molar-refractivity contribution < 1.29 is 9.53 Å². The van der Waals surface area contributed by atoms with Gasteiger partial charge in [-0.3, -0.25) is 5.32 Å². The first-order valence-electron chi connectivity index (χ1n) is 7.46. The molecule has 24 heavy (non-hydrogen) atoms. The third kappa shape index (κ3) is 5.30. The number of ether oxygens (including phenoxy) is 1. The number of benzene rings is 1. The summed E-state index contributed by atoms with van der Waals surface area (Å²) in [6, 6.07) is 9.19. The largest absolute Gasteiger partial charge is 0.444 e. The molecule has 4 nitrogen and oxygen atoms in total. The zero-order valence-corrected chi connectivity index (χ0v) is 16.3. The number of carbonyl (C=O) groups is 1. The summed E-state index contributed by atoms with van der Waals surface area (Å²) in [4.78, 5) is 12.0. The van der Waals surface area contributed by atoms with Crippen molar-refractivity contribution in [1.82, 2.24) is 0 Å². The van der Waals surface area contributed by atoms with E-state index in [-0.39, 0.29) is 6.04 Å². The standard InChI is InChI=1S/C17H20Cl2N2O2S/c1-10(11-9-14(18)24-15(11)19)20-12-7-5-6-8-13(12)21-16(22)23-17(2,3)4/h5-10,20H,1-4H3,(H,21,22). The molecule has 130 valence electrons. The molecule has 0 aliphatic heterocycles. The Balaban J connectivity index is 2.14. The lowest BCUT2D eigenvalue weighted by Gasteiger charge is -2.22. The minimum Gasteiger partial charge on any atom is -0.444 e. The second-order valence-corrected chi connectivity index (χ2v) is 8.60. The number of anilines is 2. The summed E-state index contributed by atoms with van der Waals surface area (Å²) in [5.41, 5.74) is 1.77. The number of hydrogen-bond acceptors (Lipinski definition) is 4. The van der Waals surface area contributed by atoms with Crippen molar-refractivity contribution in [3.8, 4) is 0 Å². The van der Waals surface area contributed by atoms with Crippen molar-refractivity contribution in [3.05, 3.63) is 44.6 Å². The molecule has 0 aliphatic carbocycles. The van der Waals surface area contributed by atoms with E-state index in [2.05, 4.69) is 10.6 Å². The van der Waals surface area contributed by atoms with Gasteiger partial charge in [-0.1, -0.05) is 35.3 Å². The van der Waals surface area contributed by atoms with Gasteiger partial charge in [-0.15, -0.1) is 11.3 Å². The molecular weight excluding hydrogens is 367 g/mol. The molecule has 1 amide bonds. The van der Waals surface area contributed by atoms with Crippen LogP contribution in [0.25, 0.3) is 0 Å². The van der Waals surface area contributed by atoms with E-state index in [0.29, 0.717) is 14.4 Å². The normalized spacial score (nSPS) is 12.6. The Morgan fingerprint density at radius 3 is 2.38 bits per heavy atom. The van der Waals surface area contributed by atoms with E-state index in [4.69, 9.17) is 27.9 Å². The van der Waals surface area contributed by atoms with Crippen LogP contribution < -0.4 is 10.6 Å². The van der Waals surface area contributed by atoms with Crippen LogP contribution in [0.4, 0.5) is 16.2 Å². The molecule has 2 rings (SSSR count). The van der Waals surface area contributed by atoms with Crippen LogP contribution in [0.15, 0.2) is 30.3 Å². The van der Waals surface area contributed by atoms with Crippen LogP contribution >= 0.6 is 34.5 Å². The molecule has 1 aromatic carbocycles. The Kier molecular flexibility index (Phi) is 6.01. The lowest BCUT2D eigenvalue weighted by molar-refractivity contribution is 0.0636. The van der Waals surface area contributed by atoms with Crippen molar-refractivity contribution in [2.45, 2.75) is 39.3 Å². The van der Waals surface area contributed by atoms with Crippen molar-refractivity contribution in [2.24, 2.45) is 0 Å². The summed E-state index contributed by atoms with van der Waals surface area (Å²) < 4.78 is 6.59. The van der Waals surface area contributed by atoms with Gasteiger partial charge in [-0.25, -0.2) is 4.79 Å². The second kappa shape index (κ2) is 7.64. The molecule has 1 atom stereocenters. The van der Waals surface area contributed by atoms with Gasteiger partial charge in [0, 0.05) is 5.56 Å². The topological polar surface area (TPSA) is 50.4 Å². The van der Waals surface area contributed by atoms with Gasteiger partial charge in [0.05, 0.1) is 26.1 Å². The number of nitrogens with one attached hydrogen (secondary N) is 2. The molecule has 7 heteroatoms. The summed E-state index contributed by atoms with van der Waals surface area (Å²) in [5.74, 6) is 0. The zero-order chi connectivity index (χ0) is 17.9. The quantitative estimate of drug-likeness (QED) is 0.623. The van der Waals surface area contributed by atoms with E-state index in [1.165, 1.54) is 11.3 Å². The van der Waals surface area contributed by atoms with Crippen LogP contribution in [0.3, 0.4) is 0 Å². The first kappa shape index (κ1) is 18.9. The summed E-state index contributed by atoms with van der Waals surface area (Å²) in [7, 11) is 0. The van der Waals surface area contributed by atoms with E-state index in [1.807, 2.05) is 52.0 Å². The van der Waals surface area contributed by atoms with E-state index in [9.17, 15) is 4.79 Å². The van der Waals surface area contributed by atoms with Crippen molar-refractivity contribution >= 4 is 52.0 Å². The van der Waals surface area contributed by atoms with Gasteiger partial charge < -0.3 is 10.1 Å². The number of rotatable bonds is 4. The van der Waals surface area contributed by atoms with Gasteiger partial charge in [0.2, 0.25) is 0 Å². The fourth-order valence-corrected chi connectivity index (χ4v) is 3.74. The van der Waals surface area contributed by atoms with Gasteiger partial charge in [0.15, 0.2) is 0 Å². The average Bonchev–Trinajstić information content (AvgIpc) is 2.78. The van der Waals surface area contributed by atoms with E-state index < -0.39 is 11.7 Å². The van der Waals surface area contributed by atoms with Crippen LogP contribution in [-0.4, -0.2) is 11.7 Å². The summed E-state index contributed by atoms with van der Waals surface area (Å²) in [5, 5.41) is 6.11. The molecule has 2 aromatic rings. The number of amides is 1. The first-order valence-corrected chi connectivity index (χ1v) is 9.03. The maximum absolute atomic E-state index is 12.0. The highest BCUT2D eigenvalue weighted by Crippen LogP contribution is 2.37. The molecule has 0 radical (unpaired) electrons. The van der Waals surface area contributed by atoms with Gasteiger partial charge in [0.25, 0.3) is 0 Å². The first-order chi connectivity index (χ1) is 11.2. The molecule has 1 heterocycles. The smallest absolute Gasteiger partial charge is 0.412 e. The van der Waals surface area contributed by atoms with Gasteiger partial charge >= 0.3 is 6.09 Å². The van der Waals surface area contributed by atoms with E-state index >= 15 is 0 Å². The lowest BCUT2D eigenvalue weighted by atomic mass is 10.1. The highest BCUT2D eigenvalue weighted by atomic mass is 35.5. The van der Waals surface area contributed by atoms with Crippen LogP contribution in [-0.2, 0) is 4.74 Å². The van der Waals surface area contributed by atoms with Crippen LogP contribution in [0.1, 0.15) is 39.3 Å². The van der Waals surface area contributed by atoms with E-state index in [0.717, 1.165) is 11.3 Å². The number of hydrogen-bond donors (Lipinski definition) is 2. The Hall–Kier alpha value is -1.43. The Morgan fingerprint density at radius 1 is 1.21 bits per heavy atom. The Labute approximate surface area is 156 Å².